The maximum atomic E-state index is 11.4. The van der Waals surface area contributed by atoms with Crippen molar-refractivity contribution in [1.29, 1.82) is 0 Å². The maximum absolute atomic E-state index is 11.4. The van der Waals surface area contributed by atoms with Crippen molar-refractivity contribution in [2.45, 2.75) is 4.90 Å². The molecule has 0 aromatic heterocycles. The summed E-state index contributed by atoms with van der Waals surface area (Å²) in [7, 11) is 0. The molecule has 0 unspecified atom stereocenters. The highest BCUT2D eigenvalue weighted by Crippen LogP contribution is 2.40. The molecule has 1 N–H and O–H groups in total. The Labute approximate surface area is 109 Å². The van der Waals surface area contributed by atoms with Crippen LogP contribution >= 0.6 is 11.8 Å². The fourth-order valence-electron chi connectivity index (χ4n) is 2.14. The van der Waals surface area contributed by atoms with Gasteiger partial charge >= 0.3 is 5.97 Å². The number of hydrogen-bond donors (Lipinski definition) is 1. The molecule has 1 aliphatic heterocycles. The van der Waals surface area contributed by atoms with Crippen LogP contribution in [0, 0.1) is 0 Å². The van der Waals surface area contributed by atoms with Crippen LogP contribution in [0.15, 0.2) is 52.8 Å². The summed E-state index contributed by atoms with van der Waals surface area (Å²) in [5, 5.41) is 11.3. The van der Waals surface area contributed by atoms with Gasteiger partial charge in [-0.25, -0.2) is 4.79 Å². The fraction of sp³-hybridized carbons (Fsp3) is 0. The van der Waals surface area contributed by atoms with Gasteiger partial charge in [0.2, 0.25) is 0 Å². The molecule has 2 aromatic rings. The van der Waals surface area contributed by atoms with Crippen LogP contribution in [0.3, 0.4) is 0 Å². The minimum absolute atomic E-state index is 0.358. The first-order valence-corrected chi connectivity index (χ1v) is 6.44. The zero-order valence-electron chi connectivity index (χ0n) is 9.46. The maximum Gasteiger partial charge on any atom is 0.336 e. The predicted octanol–water partition coefficient (Wildman–Crippen LogP) is 4.13. The van der Waals surface area contributed by atoms with E-state index in [1.807, 2.05) is 41.8 Å². The van der Waals surface area contributed by atoms with Gasteiger partial charge in [-0.1, -0.05) is 42.1 Å². The summed E-state index contributed by atoms with van der Waals surface area (Å²) in [5.74, 6) is -0.885. The van der Waals surface area contributed by atoms with Crippen LogP contribution in [0.25, 0.3) is 17.2 Å². The highest BCUT2D eigenvalue weighted by molar-refractivity contribution is 8.02. The van der Waals surface area contributed by atoms with E-state index in [1.54, 1.807) is 23.9 Å². The Morgan fingerprint density at radius 2 is 1.89 bits per heavy atom. The third-order valence-corrected chi connectivity index (χ3v) is 3.80. The number of carboxylic acid groups (broad SMARTS) is 1. The number of fused-ring (bicyclic) bond motifs is 3. The van der Waals surface area contributed by atoms with Gasteiger partial charge < -0.3 is 5.11 Å². The molecule has 2 nitrogen and oxygen atoms in total. The standard InChI is InChI=1S/C15H10O2S/c16-15(17)12-6-3-7-13-14(12)11-5-2-1-4-10(11)8-9-18-13/h1-9H,(H,16,17). The molecule has 0 spiro atoms. The van der Waals surface area contributed by atoms with Gasteiger partial charge in [-0.05, 0) is 34.7 Å². The number of benzene rings is 2. The molecule has 1 heterocycles. The van der Waals surface area contributed by atoms with E-state index in [4.69, 9.17) is 0 Å². The quantitative estimate of drug-likeness (QED) is 0.831. The SMILES string of the molecule is O=C(O)c1cccc2c1-c1ccccc1C=CS2. The lowest BCUT2D eigenvalue weighted by Crippen LogP contribution is -2.00. The van der Waals surface area contributed by atoms with Crippen LogP contribution in [0.4, 0.5) is 0 Å². The second-order valence-electron chi connectivity index (χ2n) is 3.99. The smallest absolute Gasteiger partial charge is 0.336 e. The molecule has 18 heavy (non-hydrogen) atoms. The molecule has 0 radical (unpaired) electrons. The van der Waals surface area contributed by atoms with Gasteiger partial charge in [0.1, 0.15) is 0 Å². The first kappa shape index (κ1) is 11.1. The number of carboxylic acids is 1. The molecule has 0 saturated carbocycles. The second-order valence-corrected chi connectivity index (χ2v) is 4.94. The zero-order chi connectivity index (χ0) is 12.5. The Balaban J connectivity index is 2.37. The van der Waals surface area contributed by atoms with Crippen LogP contribution in [0.2, 0.25) is 0 Å². The highest BCUT2D eigenvalue weighted by Gasteiger charge is 2.18. The number of rotatable bonds is 1. The van der Waals surface area contributed by atoms with Gasteiger partial charge in [-0.2, -0.15) is 0 Å². The molecule has 0 aliphatic carbocycles. The third-order valence-electron chi connectivity index (χ3n) is 2.93. The molecule has 88 valence electrons. The van der Waals surface area contributed by atoms with Crippen molar-refractivity contribution >= 4 is 23.8 Å². The summed E-state index contributed by atoms with van der Waals surface area (Å²) in [4.78, 5) is 12.3. The zero-order valence-corrected chi connectivity index (χ0v) is 10.3. The van der Waals surface area contributed by atoms with Crippen molar-refractivity contribution in [3.8, 4) is 11.1 Å². The summed E-state index contributed by atoms with van der Waals surface area (Å²) in [5.41, 5.74) is 3.20. The Kier molecular flexibility index (Phi) is 2.68. The van der Waals surface area contributed by atoms with Crippen molar-refractivity contribution in [2.24, 2.45) is 0 Å². The largest absolute Gasteiger partial charge is 0.478 e. The molecule has 3 rings (SSSR count). The van der Waals surface area contributed by atoms with E-state index in [1.165, 1.54) is 0 Å². The molecule has 0 fully saturated rings. The summed E-state index contributed by atoms with van der Waals surface area (Å²) in [6, 6.07) is 13.3. The summed E-state index contributed by atoms with van der Waals surface area (Å²) < 4.78 is 0. The van der Waals surface area contributed by atoms with E-state index >= 15 is 0 Å². The van der Waals surface area contributed by atoms with Crippen molar-refractivity contribution < 1.29 is 9.90 Å². The van der Waals surface area contributed by atoms with Crippen molar-refractivity contribution in [3.05, 3.63) is 59.0 Å². The molecular weight excluding hydrogens is 244 g/mol. The average molecular weight is 254 g/mol. The lowest BCUT2D eigenvalue weighted by Gasteiger charge is -2.11. The van der Waals surface area contributed by atoms with Gasteiger partial charge in [-0.15, -0.1) is 0 Å². The normalized spacial score (nSPS) is 12.4. The van der Waals surface area contributed by atoms with Crippen LogP contribution in [-0.2, 0) is 0 Å². The first-order chi connectivity index (χ1) is 8.77. The van der Waals surface area contributed by atoms with Crippen LogP contribution in [0.5, 0.6) is 0 Å². The van der Waals surface area contributed by atoms with Gasteiger partial charge in [-0.3, -0.25) is 0 Å². The van der Waals surface area contributed by atoms with Crippen molar-refractivity contribution in [3.63, 3.8) is 0 Å². The Hall–Kier alpha value is -2.00. The topological polar surface area (TPSA) is 37.3 Å². The molecule has 0 saturated heterocycles. The number of thioether (sulfide) groups is 1. The van der Waals surface area contributed by atoms with E-state index < -0.39 is 5.97 Å². The highest BCUT2D eigenvalue weighted by atomic mass is 32.2. The molecular formula is C15H10O2S. The lowest BCUT2D eigenvalue weighted by atomic mass is 9.95. The predicted molar refractivity (Wildman–Crippen MR) is 73.7 cm³/mol. The van der Waals surface area contributed by atoms with Crippen LogP contribution < -0.4 is 0 Å². The average Bonchev–Trinajstić information content (AvgIpc) is 2.57. The molecule has 0 amide bonds. The number of hydrogen-bond acceptors (Lipinski definition) is 2. The molecule has 1 aliphatic rings. The van der Waals surface area contributed by atoms with E-state index in [0.29, 0.717) is 5.56 Å². The van der Waals surface area contributed by atoms with Gasteiger partial charge in [0, 0.05) is 10.5 Å². The molecule has 0 atom stereocenters. The Morgan fingerprint density at radius 1 is 1.06 bits per heavy atom. The fourth-order valence-corrected chi connectivity index (χ4v) is 2.99. The summed E-state index contributed by atoms with van der Waals surface area (Å²) >= 11 is 1.55. The van der Waals surface area contributed by atoms with Gasteiger partial charge in [0.15, 0.2) is 0 Å². The molecule has 2 aromatic carbocycles. The van der Waals surface area contributed by atoms with E-state index in [0.717, 1.165) is 21.6 Å². The van der Waals surface area contributed by atoms with Gasteiger partial charge in [0.25, 0.3) is 0 Å². The van der Waals surface area contributed by atoms with Crippen molar-refractivity contribution in [2.75, 3.05) is 0 Å². The minimum Gasteiger partial charge on any atom is -0.478 e. The Morgan fingerprint density at radius 3 is 2.72 bits per heavy atom. The summed E-state index contributed by atoms with van der Waals surface area (Å²) in [6.45, 7) is 0. The van der Waals surface area contributed by atoms with E-state index in [-0.39, 0.29) is 0 Å². The monoisotopic (exact) mass is 254 g/mol. The van der Waals surface area contributed by atoms with E-state index in [9.17, 15) is 9.90 Å². The van der Waals surface area contributed by atoms with Gasteiger partial charge in [0.05, 0.1) is 5.56 Å². The van der Waals surface area contributed by atoms with Crippen molar-refractivity contribution in [1.82, 2.24) is 0 Å². The third kappa shape index (κ3) is 1.73. The van der Waals surface area contributed by atoms with Crippen LogP contribution in [-0.4, -0.2) is 11.1 Å². The molecule has 0 bridgehead atoms. The number of aromatic carboxylic acids is 1. The van der Waals surface area contributed by atoms with E-state index in [2.05, 4.69) is 0 Å². The summed E-state index contributed by atoms with van der Waals surface area (Å²) in [6.07, 6.45) is 2.02. The lowest BCUT2D eigenvalue weighted by molar-refractivity contribution is 0.0697. The molecule has 3 heteroatoms. The minimum atomic E-state index is -0.885. The van der Waals surface area contributed by atoms with Crippen LogP contribution in [0.1, 0.15) is 15.9 Å². The second kappa shape index (κ2) is 4.35. The Bertz CT molecular complexity index is 659. The number of carbonyl (C=O) groups is 1. The first-order valence-electron chi connectivity index (χ1n) is 5.56.